The van der Waals surface area contributed by atoms with Crippen molar-refractivity contribution in [3.8, 4) is 6.07 Å². The summed E-state index contributed by atoms with van der Waals surface area (Å²) in [6.07, 6.45) is 0. The Hall–Kier alpha value is -2.09. The van der Waals surface area contributed by atoms with E-state index >= 15 is 0 Å². The number of benzene rings is 1. The molecule has 0 unspecified atom stereocenters. The first-order valence-corrected chi connectivity index (χ1v) is 3.26. The molecule has 0 spiro atoms. The van der Waals surface area contributed by atoms with E-state index < -0.39 is 0 Å². The fourth-order valence-corrected chi connectivity index (χ4v) is 0.940. The van der Waals surface area contributed by atoms with Crippen LogP contribution >= 0.6 is 0 Å². The first-order valence-electron chi connectivity index (χ1n) is 3.26. The van der Waals surface area contributed by atoms with E-state index in [9.17, 15) is 0 Å². The Labute approximate surface area is 67.7 Å². The molecule has 0 aliphatic rings. The van der Waals surface area contributed by atoms with Gasteiger partial charge in [0.25, 0.3) is 0 Å². The number of nitriles is 1. The van der Waals surface area contributed by atoms with Gasteiger partial charge in [-0.3, -0.25) is 0 Å². The van der Waals surface area contributed by atoms with Gasteiger partial charge in [-0.05, 0) is 22.6 Å². The molecule has 1 aromatic carbocycles. The summed E-state index contributed by atoms with van der Waals surface area (Å²) in [4.78, 5) is 0. The van der Waals surface area contributed by atoms with Gasteiger partial charge in [-0.15, -0.1) is 10.2 Å². The fourth-order valence-electron chi connectivity index (χ4n) is 0.940. The standard InChI is InChI=1S/C7H3N5/c8-4-5-2-1-3-6-7(5)10-12-11-9-6/h1-3H. The maximum absolute atomic E-state index is 8.67. The topological polar surface area (TPSA) is 75.3 Å². The van der Waals surface area contributed by atoms with Crippen LogP contribution in [0, 0.1) is 11.3 Å². The average molecular weight is 157 g/mol. The van der Waals surface area contributed by atoms with Gasteiger partial charge in [0.05, 0.1) is 5.56 Å². The van der Waals surface area contributed by atoms with E-state index in [-0.39, 0.29) is 0 Å². The minimum atomic E-state index is 0.468. The molecule has 12 heavy (non-hydrogen) atoms. The predicted molar refractivity (Wildman–Crippen MR) is 39.8 cm³/mol. The molecule has 0 atom stereocenters. The van der Waals surface area contributed by atoms with Gasteiger partial charge in [0.1, 0.15) is 17.1 Å². The average Bonchev–Trinajstić information content (AvgIpc) is 2.17. The zero-order chi connectivity index (χ0) is 8.39. The third-order valence-electron chi connectivity index (χ3n) is 1.47. The van der Waals surface area contributed by atoms with E-state index in [0.717, 1.165) is 0 Å². The van der Waals surface area contributed by atoms with Gasteiger partial charge in [0, 0.05) is 0 Å². The van der Waals surface area contributed by atoms with Crippen molar-refractivity contribution in [2.45, 2.75) is 0 Å². The van der Waals surface area contributed by atoms with Crippen LogP contribution in [0.3, 0.4) is 0 Å². The quantitative estimate of drug-likeness (QED) is 0.549. The summed E-state index contributed by atoms with van der Waals surface area (Å²) in [5.74, 6) is 0. The van der Waals surface area contributed by atoms with Crippen molar-refractivity contribution >= 4 is 11.0 Å². The number of hydrogen-bond donors (Lipinski definition) is 0. The smallest absolute Gasteiger partial charge is 0.133 e. The minimum absolute atomic E-state index is 0.468. The predicted octanol–water partition coefficient (Wildman–Crippen LogP) is 0.291. The normalized spacial score (nSPS) is 9.58. The molecule has 0 aliphatic heterocycles. The molecule has 2 aromatic rings. The maximum Gasteiger partial charge on any atom is 0.133 e. The molecular formula is C7H3N5. The number of nitrogens with zero attached hydrogens (tertiary/aromatic N) is 5. The van der Waals surface area contributed by atoms with E-state index in [1.165, 1.54) is 0 Å². The Balaban J connectivity index is 2.91. The summed E-state index contributed by atoms with van der Waals surface area (Å²) in [6, 6.07) is 7.13. The summed E-state index contributed by atoms with van der Waals surface area (Å²) in [5.41, 5.74) is 1.55. The molecule has 5 heteroatoms. The van der Waals surface area contributed by atoms with Crippen molar-refractivity contribution < 1.29 is 0 Å². The highest BCUT2D eigenvalue weighted by Gasteiger charge is 2.01. The van der Waals surface area contributed by atoms with Gasteiger partial charge < -0.3 is 0 Å². The van der Waals surface area contributed by atoms with Gasteiger partial charge in [0.15, 0.2) is 0 Å². The molecule has 0 amide bonds. The molecule has 1 aromatic heterocycles. The molecule has 0 bridgehead atoms. The number of aromatic nitrogens is 4. The van der Waals surface area contributed by atoms with Crippen LogP contribution in [0.2, 0.25) is 0 Å². The van der Waals surface area contributed by atoms with Crippen molar-refractivity contribution in [2.75, 3.05) is 0 Å². The van der Waals surface area contributed by atoms with E-state index in [4.69, 9.17) is 5.26 Å². The van der Waals surface area contributed by atoms with E-state index in [0.29, 0.717) is 16.6 Å². The van der Waals surface area contributed by atoms with Crippen LogP contribution in [0.1, 0.15) is 5.56 Å². The Morgan fingerprint density at radius 2 is 2.00 bits per heavy atom. The Morgan fingerprint density at radius 1 is 1.17 bits per heavy atom. The SMILES string of the molecule is N#Cc1cccc2nnnnc12. The van der Waals surface area contributed by atoms with Crippen LogP contribution in [0.15, 0.2) is 18.2 Å². The van der Waals surface area contributed by atoms with Crippen LogP contribution in [0.25, 0.3) is 11.0 Å². The summed E-state index contributed by atoms with van der Waals surface area (Å²) < 4.78 is 0. The van der Waals surface area contributed by atoms with E-state index in [1.54, 1.807) is 18.2 Å². The molecule has 0 aliphatic carbocycles. The van der Waals surface area contributed by atoms with Gasteiger partial charge in [-0.1, -0.05) is 6.07 Å². The lowest BCUT2D eigenvalue weighted by Gasteiger charge is -1.92. The molecule has 0 radical (unpaired) electrons. The number of fused-ring (bicyclic) bond motifs is 1. The molecular weight excluding hydrogens is 154 g/mol. The summed E-state index contributed by atoms with van der Waals surface area (Å²) in [6.45, 7) is 0. The van der Waals surface area contributed by atoms with Gasteiger partial charge >= 0.3 is 0 Å². The second-order valence-corrected chi connectivity index (χ2v) is 2.16. The van der Waals surface area contributed by atoms with Crippen LogP contribution in [-0.2, 0) is 0 Å². The van der Waals surface area contributed by atoms with Gasteiger partial charge in [0.2, 0.25) is 0 Å². The van der Waals surface area contributed by atoms with Crippen molar-refractivity contribution in [1.29, 1.82) is 5.26 Å². The fraction of sp³-hybridized carbons (Fsp3) is 0. The Morgan fingerprint density at radius 3 is 2.83 bits per heavy atom. The second-order valence-electron chi connectivity index (χ2n) is 2.16. The monoisotopic (exact) mass is 157 g/mol. The first-order chi connectivity index (χ1) is 5.92. The van der Waals surface area contributed by atoms with Crippen LogP contribution < -0.4 is 0 Å². The lowest BCUT2D eigenvalue weighted by atomic mass is 10.2. The second kappa shape index (κ2) is 2.51. The molecule has 0 saturated heterocycles. The summed E-state index contributed by atoms with van der Waals surface area (Å²) >= 11 is 0. The summed E-state index contributed by atoms with van der Waals surface area (Å²) in [7, 11) is 0. The zero-order valence-corrected chi connectivity index (χ0v) is 5.97. The van der Waals surface area contributed by atoms with Crippen molar-refractivity contribution in [3.63, 3.8) is 0 Å². The Kier molecular flexibility index (Phi) is 1.38. The number of rotatable bonds is 0. The minimum Gasteiger partial charge on any atom is -0.192 e. The first kappa shape index (κ1) is 6.61. The highest BCUT2D eigenvalue weighted by molar-refractivity contribution is 5.79. The lowest BCUT2D eigenvalue weighted by molar-refractivity contribution is 0.796. The number of hydrogen-bond acceptors (Lipinski definition) is 5. The highest BCUT2D eigenvalue weighted by atomic mass is 15.4. The molecule has 1 heterocycles. The van der Waals surface area contributed by atoms with Crippen LogP contribution in [0.5, 0.6) is 0 Å². The van der Waals surface area contributed by atoms with Crippen LogP contribution in [0.4, 0.5) is 0 Å². The van der Waals surface area contributed by atoms with Crippen LogP contribution in [-0.4, -0.2) is 20.6 Å². The molecule has 0 fully saturated rings. The lowest BCUT2D eigenvalue weighted by Crippen LogP contribution is -1.93. The van der Waals surface area contributed by atoms with Crippen molar-refractivity contribution in [1.82, 2.24) is 20.6 Å². The largest absolute Gasteiger partial charge is 0.192 e. The summed E-state index contributed by atoms with van der Waals surface area (Å²) in [5, 5.41) is 22.8. The zero-order valence-electron chi connectivity index (χ0n) is 5.97. The molecule has 2 rings (SSSR count). The van der Waals surface area contributed by atoms with Gasteiger partial charge in [-0.25, -0.2) is 0 Å². The Bertz CT molecular complexity index is 453. The van der Waals surface area contributed by atoms with E-state index in [1.807, 2.05) is 6.07 Å². The molecule has 0 N–H and O–H groups in total. The van der Waals surface area contributed by atoms with E-state index in [2.05, 4.69) is 20.6 Å². The van der Waals surface area contributed by atoms with Crippen molar-refractivity contribution in [2.24, 2.45) is 0 Å². The van der Waals surface area contributed by atoms with Crippen molar-refractivity contribution in [3.05, 3.63) is 23.8 Å². The maximum atomic E-state index is 8.67. The molecule has 56 valence electrons. The third-order valence-corrected chi connectivity index (χ3v) is 1.47. The highest BCUT2D eigenvalue weighted by Crippen LogP contribution is 2.10. The molecule has 5 nitrogen and oxygen atoms in total. The molecule has 0 saturated carbocycles. The van der Waals surface area contributed by atoms with Gasteiger partial charge in [-0.2, -0.15) is 5.26 Å². The third kappa shape index (κ3) is 0.864.